The van der Waals surface area contributed by atoms with Crippen LogP contribution in [0.3, 0.4) is 0 Å². The lowest BCUT2D eigenvalue weighted by atomic mass is 10.1. The SMILES string of the molecule is Cc1cn(Cc2c(Cl)ccc(C(=O)O)c2Cl)c2c(C)cc(C(F)(F)F)nc12. The number of carboxylic acids is 1. The van der Waals surface area contributed by atoms with Crippen molar-refractivity contribution in [1.82, 2.24) is 9.55 Å². The van der Waals surface area contributed by atoms with Gasteiger partial charge in [-0.05, 0) is 43.2 Å². The van der Waals surface area contributed by atoms with Gasteiger partial charge < -0.3 is 9.67 Å². The average Bonchev–Trinajstić information content (AvgIpc) is 2.87. The maximum atomic E-state index is 13.0. The summed E-state index contributed by atoms with van der Waals surface area (Å²) in [7, 11) is 0. The summed E-state index contributed by atoms with van der Waals surface area (Å²) in [4.78, 5) is 15.0. The highest BCUT2D eigenvalue weighted by Crippen LogP contribution is 2.34. The second kappa shape index (κ2) is 6.73. The zero-order valence-electron chi connectivity index (χ0n) is 14.2. The molecule has 0 atom stereocenters. The molecule has 142 valence electrons. The first kappa shape index (κ1) is 19.5. The Morgan fingerprint density at radius 2 is 1.89 bits per heavy atom. The van der Waals surface area contributed by atoms with Gasteiger partial charge in [-0.15, -0.1) is 0 Å². The molecule has 0 saturated carbocycles. The summed E-state index contributed by atoms with van der Waals surface area (Å²) >= 11 is 12.4. The minimum absolute atomic E-state index is 0.00738. The first-order valence-corrected chi connectivity index (χ1v) is 8.50. The Morgan fingerprint density at radius 3 is 2.48 bits per heavy atom. The highest BCUT2D eigenvalue weighted by atomic mass is 35.5. The maximum Gasteiger partial charge on any atom is 0.433 e. The topological polar surface area (TPSA) is 55.1 Å². The van der Waals surface area contributed by atoms with Crippen molar-refractivity contribution < 1.29 is 23.1 Å². The second-order valence-corrected chi connectivity index (χ2v) is 6.94. The van der Waals surface area contributed by atoms with Gasteiger partial charge in [0.2, 0.25) is 0 Å². The van der Waals surface area contributed by atoms with Crippen molar-refractivity contribution in [3.63, 3.8) is 0 Å². The molecule has 0 unspecified atom stereocenters. The number of aromatic carboxylic acids is 1. The van der Waals surface area contributed by atoms with Crippen LogP contribution in [0.25, 0.3) is 11.0 Å². The Labute approximate surface area is 162 Å². The Hall–Kier alpha value is -2.25. The molecule has 0 aliphatic rings. The van der Waals surface area contributed by atoms with E-state index in [1.54, 1.807) is 24.6 Å². The van der Waals surface area contributed by atoms with E-state index in [-0.39, 0.29) is 27.7 Å². The maximum absolute atomic E-state index is 13.0. The first-order valence-electron chi connectivity index (χ1n) is 7.75. The van der Waals surface area contributed by atoms with Crippen LogP contribution in [0.15, 0.2) is 24.4 Å². The molecule has 27 heavy (non-hydrogen) atoms. The number of fused-ring (bicyclic) bond motifs is 1. The molecule has 4 nitrogen and oxygen atoms in total. The molecule has 0 bridgehead atoms. The number of rotatable bonds is 3. The predicted octanol–water partition coefficient (Wildman–Crippen LogP) is 5.73. The number of aryl methyl sites for hydroxylation is 2. The molecule has 0 aliphatic heterocycles. The van der Waals surface area contributed by atoms with Gasteiger partial charge in [0.1, 0.15) is 5.69 Å². The molecule has 0 aliphatic carbocycles. The average molecular weight is 417 g/mol. The van der Waals surface area contributed by atoms with Gasteiger partial charge in [-0.1, -0.05) is 23.2 Å². The number of nitrogens with zero attached hydrogens (tertiary/aromatic N) is 2. The molecule has 9 heteroatoms. The summed E-state index contributed by atoms with van der Waals surface area (Å²) in [6.07, 6.45) is -2.90. The minimum atomic E-state index is -4.55. The number of benzene rings is 1. The number of carbonyl (C=O) groups is 1. The Kier molecular flexibility index (Phi) is 4.86. The third kappa shape index (κ3) is 3.49. The van der Waals surface area contributed by atoms with Crippen LogP contribution in [0.1, 0.15) is 32.7 Å². The van der Waals surface area contributed by atoms with Gasteiger partial charge in [-0.3, -0.25) is 0 Å². The number of hydrogen-bond acceptors (Lipinski definition) is 2. The van der Waals surface area contributed by atoms with Crippen molar-refractivity contribution >= 4 is 40.2 Å². The van der Waals surface area contributed by atoms with E-state index in [4.69, 9.17) is 23.2 Å². The Bertz CT molecular complexity index is 1070. The van der Waals surface area contributed by atoms with Crippen LogP contribution < -0.4 is 0 Å². The van der Waals surface area contributed by atoms with Crippen molar-refractivity contribution in [1.29, 1.82) is 0 Å². The monoisotopic (exact) mass is 416 g/mol. The fourth-order valence-electron chi connectivity index (χ4n) is 3.01. The third-order valence-electron chi connectivity index (χ3n) is 4.23. The van der Waals surface area contributed by atoms with E-state index in [0.717, 1.165) is 6.07 Å². The van der Waals surface area contributed by atoms with Crippen LogP contribution in [0, 0.1) is 13.8 Å². The summed E-state index contributed by atoms with van der Waals surface area (Å²) in [6, 6.07) is 3.71. The molecule has 0 spiro atoms. The number of aromatic nitrogens is 2. The van der Waals surface area contributed by atoms with E-state index >= 15 is 0 Å². The number of halogens is 5. The van der Waals surface area contributed by atoms with Crippen LogP contribution in [-0.4, -0.2) is 20.6 Å². The quantitative estimate of drug-likeness (QED) is 0.593. The summed E-state index contributed by atoms with van der Waals surface area (Å²) in [5.74, 6) is -1.20. The van der Waals surface area contributed by atoms with Crippen molar-refractivity contribution in [2.45, 2.75) is 26.6 Å². The minimum Gasteiger partial charge on any atom is -0.478 e. The van der Waals surface area contributed by atoms with Gasteiger partial charge in [0, 0.05) is 16.8 Å². The summed E-state index contributed by atoms with van der Waals surface area (Å²) in [5, 5.41) is 9.48. The number of pyridine rings is 1. The van der Waals surface area contributed by atoms with Crippen molar-refractivity contribution in [3.05, 3.63) is 62.4 Å². The number of alkyl halides is 3. The van der Waals surface area contributed by atoms with Crippen molar-refractivity contribution in [3.8, 4) is 0 Å². The molecule has 0 amide bonds. The lowest BCUT2D eigenvalue weighted by molar-refractivity contribution is -0.141. The Balaban J connectivity index is 2.18. The highest BCUT2D eigenvalue weighted by Gasteiger charge is 2.33. The summed E-state index contributed by atoms with van der Waals surface area (Å²) in [6.45, 7) is 3.31. The van der Waals surface area contributed by atoms with Gasteiger partial charge in [-0.25, -0.2) is 9.78 Å². The molecule has 0 radical (unpaired) electrons. The number of hydrogen-bond donors (Lipinski definition) is 1. The molecule has 2 heterocycles. The van der Waals surface area contributed by atoms with Crippen molar-refractivity contribution in [2.24, 2.45) is 0 Å². The van der Waals surface area contributed by atoms with Gasteiger partial charge in [-0.2, -0.15) is 13.2 Å². The largest absolute Gasteiger partial charge is 0.478 e. The van der Waals surface area contributed by atoms with Crippen LogP contribution in [0.4, 0.5) is 13.2 Å². The lowest BCUT2D eigenvalue weighted by Crippen LogP contribution is -2.09. The molecular weight excluding hydrogens is 404 g/mol. The van der Waals surface area contributed by atoms with E-state index in [1.807, 2.05) is 0 Å². The van der Waals surface area contributed by atoms with Gasteiger partial charge in [0.25, 0.3) is 0 Å². The fourth-order valence-corrected chi connectivity index (χ4v) is 3.58. The normalized spacial score (nSPS) is 12.0. The smallest absolute Gasteiger partial charge is 0.433 e. The second-order valence-electron chi connectivity index (χ2n) is 6.15. The molecule has 1 aromatic carbocycles. The number of carboxylic acid groups (broad SMARTS) is 1. The molecule has 2 aromatic heterocycles. The third-order valence-corrected chi connectivity index (χ3v) is 5.01. The van der Waals surface area contributed by atoms with Gasteiger partial charge >= 0.3 is 12.1 Å². The highest BCUT2D eigenvalue weighted by molar-refractivity contribution is 6.37. The molecule has 0 saturated heterocycles. The van der Waals surface area contributed by atoms with Crippen LogP contribution >= 0.6 is 23.2 Å². The molecular formula is C18H13Cl2F3N2O2. The van der Waals surface area contributed by atoms with E-state index in [2.05, 4.69) is 4.98 Å². The predicted molar refractivity (Wildman–Crippen MR) is 96.7 cm³/mol. The van der Waals surface area contributed by atoms with Gasteiger partial charge in [0.05, 0.1) is 28.2 Å². The van der Waals surface area contributed by atoms with E-state index in [0.29, 0.717) is 22.2 Å². The first-order chi connectivity index (χ1) is 12.5. The summed E-state index contributed by atoms with van der Waals surface area (Å²) in [5.41, 5.74) is 0.991. The Morgan fingerprint density at radius 1 is 1.22 bits per heavy atom. The molecule has 3 rings (SSSR count). The zero-order valence-corrected chi connectivity index (χ0v) is 15.7. The summed E-state index contributed by atoms with van der Waals surface area (Å²) < 4.78 is 40.8. The molecule has 3 aromatic rings. The lowest BCUT2D eigenvalue weighted by Gasteiger charge is -2.13. The molecule has 1 N–H and O–H groups in total. The van der Waals surface area contributed by atoms with Crippen LogP contribution in [0.2, 0.25) is 10.0 Å². The van der Waals surface area contributed by atoms with E-state index in [9.17, 15) is 23.1 Å². The molecule has 0 fully saturated rings. The van der Waals surface area contributed by atoms with E-state index in [1.165, 1.54) is 12.1 Å². The van der Waals surface area contributed by atoms with Crippen LogP contribution in [-0.2, 0) is 12.7 Å². The zero-order chi connectivity index (χ0) is 20.1. The fraction of sp³-hybridized carbons (Fsp3) is 0.222. The van der Waals surface area contributed by atoms with Gasteiger partial charge in [0.15, 0.2) is 0 Å². The standard InChI is InChI=1S/C18H13Cl2F3N2O2/c1-8-5-13(18(21,22)23)24-15-9(2)6-25(16(8)15)7-11-12(19)4-3-10(14(11)20)17(26)27/h3-6H,7H2,1-2H3,(H,26,27). The van der Waals surface area contributed by atoms with Crippen LogP contribution in [0.5, 0.6) is 0 Å². The van der Waals surface area contributed by atoms with E-state index < -0.39 is 17.8 Å². The van der Waals surface area contributed by atoms with Crippen molar-refractivity contribution in [2.75, 3.05) is 0 Å².